The quantitative estimate of drug-likeness (QED) is 0.617. The number of carbonyl (C=O) groups is 2. The second-order valence-corrected chi connectivity index (χ2v) is 7.28. The van der Waals surface area contributed by atoms with Gasteiger partial charge in [-0.15, -0.1) is 0 Å². The summed E-state index contributed by atoms with van der Waals surface area (Å²) in [6, 6.07) is 5.21. The molecule has 1 aliphatic rings. The van der Waals surface area contributed by atoms with Gasteiger partial charge in [0.05, 0.1) is 35.9 Å². The molecule has 2 heterocycles. The SMILES string of the molecule is COc1cc(-n2c(N)c3c(cc2=O)C(=O)NC3=O)ccc1NS(C)(=O)=O. The summed E-state index contributed by atoms with van der Waals surface area (Å²) in [5.74, 6) is -1.45. The Morgan fingerprint density at radius 3 is 2.46 bits per heavy atom. The molecule has 136 valence electrons. The first-order valence-corrected chi connectivity index (χ1v) is 9.09. The van der Waals surface area contributed by atoms with Gasteiger partial charge in [-0.25, -0.2) is 8.42 Å². The summed E-state index contributed by atoms with van der Waals surface area (Å²) < 4.78 is 31.3. The first-order chi connectivity index (χ1) is 12.1. The summed E-state index contributed by atoms with van der Waals surface area (Å²) in [5, 5.41) is 2.07. The number of nitrogens with two attached hydrogens (primary N) is 1. The summed E-state index contributed by atoms with van der Waals surface area (Å²) in [7, 11) is -2.21. The second-order valence-electron chi connectivity index (χ2n) is 5.53. The molecule has 0 radical (unpaired) electrons. The lowest BCUT2D eigenvalue weighted by atomic mass is 10.1. The van der Waals surface area contributed by atoms with Crippen LogP contribution in [0, 0.1) is 0 Å². The number of pyridine rings is 1. The van der Waals surface area contributed by atoms with Crippen molar-refractivity contribution in [3.8, 4) is 11.4 Å². The highest BCUT2D eigenvalue weighted by molar-refractivity contribution is 7.92. The average Bonchev–Trinajstić information content (AvgIpc) is 2.81. The number of carbonyl (C=O) groups excluding carboxylic acids is 2. The van der Waals surface area contributed by atoms with Crippen molar-refractivity contribution in [1.82, 2.24) is 9.88 Å². The van der Waals surface area contributed by atoms with Crippen LogP contribution in [0.25, 0.3) is 5.69 Å². The van der Waals surface area contributed by atoms with Crippen LogP contribution in [0.1, 0.15) is 20.7 Å². The summed E-state index contributed by atoms with van der Waals surface area (Å²) in [6.45, 7) is 0. The lowest BCUT2D eigenvalue weighted by molar-refractivity contribution is 0.0880. The van der Waals surface area contributed by atoms with Gasteiger partial charge in [-0.05, 0) is 12.1 Å². The Kier molecular flexibility index (Phi) is 3.95. The molecule has 0 bridgehead atoms. The highest BCUT2D eigenvalue weighted by Crippen LogP contribution is 2.30. The number of ether oxygens (including phenoxy) is 1. The van der Waals surface area contributed by atoms with Crippen LogP contribution in [-0.4, -0.2) is 38.2 Å². The number of aromatic nitrogens is 1. The number of sulfonamides is 1. The highest BCUT2D eigenvalue weighted by atomic mass is 32.2. The smallest absolute Gasteiger partial charge is 0.262 e. The van der Waals surface area contributed by atoms with Gasteiger partial charge in [0.25, 0.3) is 17.4 Å². The average molecular weight is 378 g/mol. The number of nitrogens with zero attached hydrogens (tertiary/aromatic N) is 1. The van der Waals surface area contributed by atoms with Crippen LogP contribution in [0.2, 0.25) is 0 Å². The summed E-state index contributed by atoms with van der Waals surface area (Å²) >= 11 is 0. The number of amides is 2. The Morgan fingerprint density at radius 1 is 1.15 bits per heavy atom. The van der Waals surface area contributed by atoms with Crippen LogP contribution in [0.3, 0.4) is 0 Å². The fraction of sp³-hybridized carbons (Fsp3) is 0.133. The van der Waals surface area contributed by atoms with E-state index in [0.29, 0.717) is 0 Å². The van der Waals surface area contributed by atoms with Crippen molar-refractivity contribution < 1.29 is 22.7 Å². The molecule has 1 aliphatic heterocycles. The maximum atomic E-state index is 12.4. The lowest BCUT2D eigenvalue weighted by Gasteiger charge is -2.15. The van der Waals surface area contributed by atoms with Crippen molar-refractivity contribution in [2.75, 3.05) is 23.8 Å². The number of nitrogens with one attached hydrogen (secondary N) is 2. The van der Waals surface area contributed by atoms with Crippen LogP contribution in [-0.2, 0) is 10.0 Å². The van der Waals surface area contributed by atoms with Crippen molar-refractivity contribution in [3.05, 3.63) is 45.7 Å². The van der Waals surface area contributed by atoms with Crippen LogP contribution >= 0.6 is 0 Å². The molecular weight excluding hydrogens is 364 g/mol. The Morgan fingerprint density at radius 2 is 1.85 bits per heavy atom. The Hall–Kier alpha value is -3.34. The van der Waals surface area contributed by atoms with Gasteiger partial charge in [-0.3, -0.25) is 29.0 Å². The molecule has 0 saturated carbocycles. The predicted octanol–water partition coefficient (Wildman–Crippen LogP) is -0.317. The van der Waals surface area contributed by atoms with Crippen molar-refractivity contribution in [2.45, 2.75) is 0 Å². The molecule has 0 saturated heterocycles. The van der Waals surface area contributed by atoms with Crippen molar-refractivity contribution >= 4 is 33.3 Å². The highest BCUT2D eigenvalue weighted by Gasteiger charge is 2.31. The van der Waals surface area contributed by atoms with Crippen LogP contribution in [0.15, 0.2) is 29.1 Å². The lowest BCUT2D eigenvalue weighted by Crippen LogP contribution is -2.24. The maximum Gasteiger partial charge on any atom is 0.262 e. The van der Waals surface area contributed by atoms with Gasteiger partial charge in [0.15, 0.2) is 0 Å². The van der Waals surface area contributed by atoms with Gasteiger partial charge in [0.2, 0.25) is 10.0 Å². The first kappa shape index (κ1) is 17.5. The third-order valence-corrected chi connectivity index (χ3v) is 4.28. The van der Waals surface area contributed by atoms with Gasteiger partial charge in [0, 0.05) is 12.1 Å². The van der Waals surface area contributed by atoms with E-state index in [1.165, 1.54) is 25.3 Å². The Labute approximate surface area is 147 Å². The first-order valence-electron chi connectivity index (χ1n) is 7.20. The normalized spacial score (nSPS) is 13.3. The molecule has 11 heteroatoms. The summed E-state index contributed by atoms with van der Waals surface area (Å²) in [4.78, 5) is 36.0. The number of imide groups is 1. The van der Waals surface area contributed by atoms with E-state index in [2.05, 4.69) is 10.0 Å². The van der Waals surface area contributed by atoms with Gasteiger partial charge < -0.3 is 10.5 Å². The van der Waals surface area contributed by atoms with Gasteiger partial charge in [-0.2, -0.15) is 0 Å². The molecule has 0 atom stereocenters. The van der Waals surface area contributed by atoms with E-state index < -0.39 is 27.4 Å². The van der Waals surface area contributed by atoms with Gasteiger partial charge in [-0.1, -0.05) is 0 Å². The molecule has 0 unspecified atom stereocenters. The minimum Gasteiger partial charge on any atom is -0.494 e. The number of anilines is 2. The molecule has 3 rings (SSSR count). The third kappa shape index (κ3) is 2.88. The molecule has 0 spiro atoms. The summed E-state index contributed by atoms with van der Waals surface area (Å²) in [6.07, 6.45) is 0.985. The van der Waals surface area contributed by atoms with E-state index in [1.807, 2.05) is 0 Å². The number of fused-ring (bicyclic) bond motifs is 1. The molecular formula is C15H14N4O6S. The number of nitrogen functional groups attached to an aromatic ring is 1. The molecule has 4 N–H and O–H groups in total. The number of hydrogen-bond donors (Lipinski definition) is 3. The fourth-order valence-corrected chi connectivity index (χ4v) is 3.22. The number of methoxy groups -OCH3 is 1. The molecule has 2 amide bonds. The Bertz CT molecular complexity index is 1120. The van der Waals surface area contributed by atoms with E-state index in [1.54, 1.807) is 0 Å². The van der Waals surface area contributed by atoms with E-state index in [4.69, 9.17) is 10.5 Å². The van der Waals surface area contributed by atoms with Crippen LogP contribution in [0.4, 0.5) is 11.5 Å². The molecule has 10 nitrogen and oxygen atoms in total. The minimum atomic E-state index is -3.54. The van der Waals surface area contributed by atoms with Crippen molar-refractivity contribution in [2.24, 2.45) is 0 Å². The number of benzene rings is 1. The fourth-order valence-electron chi connectivity index (χ4n) is 2.65. The standard InChI is InChI=1S/C15H14N4O6S/c1-25-10-5-7(3-4-9(10)18-26(2,23)24)19-11(20)6-8-12(13(19)16)15(22)17-14(8)21/h3-6,18H,16H2,1-2H3,(H,17,21,22). The predicted molar refractivity (Wildman–Crippen MR) is 93.3 cm³/mol. The maximum absolute atomic E-state index is 12.4. The molecule has 26 heavy (non-hydrogen) atoms. The Balaban J connectivity index is 2.20. The van der Waals surface area contributed by atoms with Crippen LogP contribution in [0.5, 0.6) is 5.75 Å². The van der Waals surface area contributed by atoms with E-state index in [-0.39, 0.29) is 34.1 Å². The van der Waals surface area contributed by atoms with Crippen molar-refractivity contribution in [3.63, 3.8) is 0 Å². The summed E-state index contributed by atoms with van der Waals surface area (Å²) in [5.41, 5.74) is 5.54. The second kappa shape index (κ2) is 5.88. The van der Waals surface area contributed by atoms with Crippen molar-refractivity contribution in [1.29, 1.82) is 0 Å². The van der Waals surface area contributed by atoms with Crippen LogP contribution < -0.4 is 26.1 Å². The minimum absolute atomic E-state index is 0.0870. The van der Waals surface area contributed by atoms with Gasteiger partial charge >= 0.3 is 0 Å². The molecule has 0 fully saturated rings. The largest absolute Gasteiger partial charge is 0.494 e. The molecule has 1 aromatic heterocycles. The molecule has 2 aromatic rings. The monoisotopic (exact) mass is 378 g/mol. The zero-order valence-electron chi connectivity index (χ0n) is 13.7. The number of hydrogen-bond acceptors (Lipinski definition) is 7. The topological polar surface area (TPSA) is 150 Å². The zero-order valence-corrected chi connectivity index (χ0v) is 14.5. The van der Waals surface area contributed by atoms with E-state index in [9.17, 15) is 22.8 Å². The third-order valence-electron chi connectivity index (χ3n) is 3.69. The van der Waals surface area contributed by atoms with E-state index in [0.717, 1.165) is 16.9 Å². The molecule has 0 aliphatic carbocycles. The van der Waals surface area contributed by atoms with E-state index >= 15 is 0 Å². The molecule has 1 aromatic carbocycles. The van der Waals surface area contributed by atoms with Gasteiger partial charge in [0.1, 0.15) is 11.6 Å². The number of rotatable bonds is 4. The zero-order chi connectivity index (χ0) is 19.2.